The second-order valence-electron chi connectivity index (χ2n) is 3.43. The highest BCUT2D eigenvalue weighted by Gasteiger charge is 2.17. The Morgan fingerprint density at radius 1 is 1.50 bits per heavy atom. The van der Waals surface area contributed by atoms with Gasteiger partial charge >= 0.3 is 0 Å². The van der Waals surface area contributed by atoms with Gasteiger partial charge in [-0.3, -0.25) is 0 Å². The van der Waals surface area contributed by atoms with Crippen molar-refractivity contribution in [2.45, 2.75) is 12.3 Å². The average molecular weight is 209 g/mol. The van der Waals surface area contributed by atoms with Gasteiger partial charge in [-0.05, 0) is 24.1 Å². The average Bonchev–Trinajstić information content (AvgIpc) is 2.71. The predicted octanol–water partition coefficient (Wildman–Crippen LogP) is 2.34. The fraction of sp³-hybridized carbons (Fsp3) is 0.455. The zero-order valence-electron chi connectivity index (χ0n) is 8.54. The molecule has 1 aliphatic rings. The number of benzene rings is 1. The van der Waals surface area contributed by atoms with E-state index in [0.29, 0.717) is 5.37 Å². The monoisotopic (exact) mass is 209 g/mol. The second-order valence-corrected chi connectivity index (χ2v) is 4.65. The third-order valence-electron chi connectivity index (χ3n) is 2.45. The Hall–Kier alpha value is -0.670. The molecule has 1 aromatic rings. The molecular weight excluding hydrogens is 194 g/mol. The van der Waals surface area contributed by atoms with Gasteiger partial charge in [-0.25, -0.2) is 0 Å². The normalized spacial score (nSPS) is 21.1. The molecule has 0 aromatic heterocycles. The van der Waals surface area contributed by atoms with E-state index in [1.54, 1.807) is 7.11 Å². The van der Waals surface area contributed by atoms with E-state index in [1.165, 1.54) is 16.9 Å². The first-order valence-corrected chi connectivity index (χ1v) is 5.85. The third-order valence-corrected chi connectivity index (χ3v) is 3.66. The Balaban J connectivity index is 2.25. The van der Waals surface area contributed by atoms with Gasteiger partial charge in [0.2, 0.25) is 0 Å². The van der Waals surface area contributed by atoms with Crippen LogP contribution >= 0.6 is 11.8 Å². The van der Waals surface area contributed by atoms with Crippen molar-refractivity contribution in [3.63, 3.8) is 0 Å². The molecule has 1 aromatic carbocycles. The first kappa shape index (κ1) is 9.87. The quantitative estimate of drug-likeness (QED) is 0.808. The van der Waals surface area contributed by atoms with Crippen LogP contribution in [0.5, 0.6) is 5.75 Å². The maximum atomic E-state index is 5.31. The summed E-state index contributed by atoms with van der Waals surface area (Å²) in [6.45, 7) is 3.17. The van der Waals surface area contributed by atoms with Gasteiger partial charge in [0.05, 0.1) is 12.5 Å². The molecule has 1 fully saturated rings. The van der Waals surface area contributed by atoms with E-state index in [9.17, 15) is 0 Å². The number of hydrogen-bond acceptors (Lipinski definition) is 3. The lowest BCUT2D eigenvalue weighted by Gasteiger charge is -2.12. The molecule has 76 valence electrons. The summed E-state index contributed by atoms with van der Waals surface area (Å²) in [5.74, 6) is 2.18. The number of nitrogens with one attached hydrogen (secondary N) is 1. The minimum atomic E-state index is 0.449. The highest BCUT2D eigenvalue weighted by molar-refractivity contribution is 7.99. The third kappa shape index (κ3) is 1.88. The maximum absolute atomic E-state index is 5.31. The highest BCUT2D eigenvalue weighted by atomic mass is 32.2. The number of hydrogen-bond donors (Lipinski definition) is 1. The van der Waals surface area contributed by atoms with Crippen LogP contribution in [-0.4, -0.2) is 19.4 Å². The summed E-state index contributed by atoms with van der Waals surface area (Å²) >= 11 is 1.95. The molecule has 1 atom stereocenters. The summed E-state index contributed by atoms with van der Waals surface area (Å²) in [5, 5.41) is 3.90. The standard InChI is InChI=1S/C11H15NOS/c1-8-3-4-9(7-10(8)13-2)11-12-5-6-14-11/h3-4,7,11-12H,5-6H2,1-2H3. The van der Waals surface area contributed by atoms with Gasteiger partial charge in [-0.1, -0.05) is 12.1 Å². The first-order chi connectivity index (χ1) is 6.81. The Bertz CT molecular complexity index is 321. The van der Waals surface area contributed by atoms with Crippen molar-refractivity contribution in [1.82, 2.24) is 5.32 Å². The Morgan fingerprint density at radius 2 is 2.36 bits per heavy atom. The van der Waals surface area contributed by atoms with Crippen LogP contribution in [0.2, 0.25) is 0 Å². The second kappa shape index (κ2) is 4.24. The summed E-state index contributed by atoms with van der Waals surface area (Å²) in [6.07, 6.45) is 0. The Kier molecular flexibility index (Phi) is 2.99. The molecule has 1 N–H and O–H groups in total. The molecule has 0 saturated carbocycles. The van der Waals surface area contributed by atoms with Crippen molar-refractivity contribution in [2.75, 3.05) is 19.4 Å². The number of methoxy groups -OCH3 is 1. The van der Waals surface area contributed by atoms with Crippen LogP contribution in [0.1, 0.15) is 16.5 Å². The summed E-state index contributed by atoms with van der Waals surface area (Å²) in [4.78, 5) is 0. The van der Waals surface area contributed by atoms with Crippen LogP contribution in [0.3, 0.4) is 0 Å². The summed E-state index contributed by atoms with van der Waals surface area (Å²) in [6, 6.07) is 6.42. The van der Waals surface area contributed by atoms with Crippen molar-refractivity contribution in [1.29, 1.82) is 0 Å². The minimum Gasteiger partial charge on any atom is -0.496 e. The van der Waals surface area contributed by atoms with Gasteiger partial charge < -0.3 is 10.1 Å². The lowest BCUT2D eigenvalue weighted by molar-refractivity contribution is 0.411. The molecule has 14 heavy (non-hydrogen) atoms. The van der Waals surface area contributed by atoms with Crippen LogP contribution < -0.4 is 10.1 Å². The Labute approximate surface area is 89.0 Å². The molecule has 0 radical (unpaired) electrons. The molecule has 0 aliphatic carbocycles. The summed E-state index contributed by atoms with van der Waals surface area (Å²) in [5.41, 5.74) is 2.51. The zero-order chi connectivity index (χ0) is 9.97. The van der Waals surface area contributed by atoms with Gasteiger partial charge in [-0.15, -0.1) is 11.8 Å². The van der Waals surface area contributed by atoms with Gasteiger partial charge in [0.25, 0.3) is 0 Å². The van der Waals surface area contributed by atoms with Crippen molar-refractivity contribution < 1.29 is 4.74 Å². The van der Waals surface area contributed by atoms with E-state index in [1.807, 2.05) is 11.8 Å². The summed E-state index contributed by atoms with van der Waals surface area (Å²) in [7, 11) is 1.72. The van der Waals surface area contributed by atoms with Crippen LogP contribution in [0.15, 0.2) is 18.2 Å². The van der Waals surface area contributed by atoms with E-state index in [2.05, 4.69) is 30.4 Å². The van der Waals surface area contributed by atoms with Crippen LogP contribution in [-0.2, 0) is 0 Å². The molecule has 1 aliphatic heterocycles. The maximum Gasteiger partial charge on any atom is 0.122 e. The predicted molar refractivity (Wildman–Crippen MR) is 60.9 cm³/mol. The van der Waals surface area contributed by atoms with Gasteiger partial charge in [-0.2, -0.15) is 0 Å². The molecule has 2 rings (SSSR count). The zero-order valence-corrected chi connectivity index (χ0v) is 9.36. The molecule has 3 heteroatoms. The van der Waals surface area contributed by atoms with E-state index in [-0.39, 0.29) is 0 Å². The van der Waals surface area contributed by atoms with Crippen LogP contribution in [0, 0.1) is 6.92 Å². The smallest absolute Gasteiger partial charge is 0.122 e. The van der Waals surface area contributed by atoms with Crippen molar-refractivity contribution in [2.24, 2.45) is 0 Å². The van der Waals surface area contributed by atoms with Crippen molar-refractivity contribution in [3.05, 3.63) is 29.3 Å². The van der Waals surface area contributed by atoms with Crippen LogP contribution in [0.25, 0.3) is 0 Å². The Morgan fingerprint density at radius 3 is 3.00 bits per heavy atom. The largest absolute Gasteiger partial charge is 0.496 e. The van der Waals surface area contributed by atoms with Gasteiger partial charge in [0.15, 0.2) is 0 Å². The first-order valence-electron chi connectivity index (χ1n) is 4.81. The van der Waals surface area contributed by atoms with E-state index >= 15 is 0 Å². The van der Waals surface area contributed by atoms with E-state index in [4.69, 9.17) is 4.74 Å². The SMILES string of the molecule is COc1cc(C2NCCS2)ccc1C. The topological polar surface area (TPSA) is 21.3 Å². The molecule has 1 heterocycles. The fourth-order valence-electron chi connectivity index (χ4n) is 1.64. The molecule has 0 bridgehead atoms. The minimum absolute atomic E-state index is 0.449. The molecule has 2 nitrogen and oxygen atoms in total. The lowest BCUT2D eigenvalue weighted by Crippen LogP contribution is -2.12. The molecule has 1 unspecified atom stereocenters. The number of aryl methyl sites for hydroxylation is 1. The summed E-state index contributed by atoms with van der Waals surface area (Å²) < 4.78 is 5.31. The van der Waals surface area contributed by atoms with E-state index < -0.39 is 0 Å². The highest BCUT2D eigenvalue weighted by Crippen LogP contribution is 2.32. The lowest BCUT2D eigenvalue weighted by atomic mass is 10.1. The molecule has 0 amide bonds. The van der Waals surface area contributed by atoms with Crippen molar-refractivity contribution in [3.8, 4) is 5.75 Å². The van der Waals surface area contributed by atoms with Gasteiger partial charge in [0.1, 0.15) is 5.75 Å². The van der Waals surface area contributed by atoms with Crippen molar-refractivity contribution >= 4 is 11.8 Å². The molecule has 0 spiro atoms. The molecule has 1 saturated heterocycles. The number of ether oxygens (including phenoxy) is 1. The number of rotatable bonds is 2. The fourth-order valence-corrected chi connectivity index (χ4v) is 2.69. The van der Waals surface area contributed by atoms with Gasteiger partial charge in [0, 0.05) is 12.3 Å². The molecular formula is C11H15NOS. The van der Waals surface area contributed by atoms with E-state index in [0.717, 1.165) is 12.3 Å². The number of thioether (sulfide) groups is 1. The van der Waals surface area contributed by atoms with Crippen LogP contribution in [0.4, 0.5) is 0 Å².